The molecule has 1 saturated carbocycles. The lowest BCUT2D eigenvalue weighted by molar-refractivity contribution is 0.205. The number of nitrogens with one attached hydrogen (secondary N) is 1. The molecule has 1 fully saturated rings. The second kappa shape index (κ2) is 7.47. The highest BCUT2D eigenvalue weighted by Crippen LogP contribution is 2.28. The normalized spacial score (nSPS) is 15.9. The van der Waals surface area contributed by atoms with Crippen LogP contribution in [0.5, 0.6) is 11.5 Å². The lowest BCUT2D eigenvalue weighted by atomic mass is 10.2. The fraction of sp³-hybridized carbons (Fsp3) is 0.600. The van der Waals surface area contributed by atoms with E-state index in [0.29, 0.717) is 24.1 Å². The number of aliphatic hydroxyl groups is 2. The van der Waals surface area contributed by atoms with Crippen LogP contribution in [0.25, 0.3) is 0 Å². The molecule has 1 aliphatic rings. The molecule has 0 spiro atoms. The Hall–Kier alpha value is -1.30. The summed E-state index contributed by atoms with van der Waals surface area (Å²) in [6.07, 6.45) is 3.15. The smallest absolute Gasteiger partial charge is 0.161 e. The van der Waals surface area contributed by atoms with Crippen LogP contribution < -0.4 is 14.8 Å². The van der Waals surface area contributed by atoms with Gasteiger partial charge >= 0.3 is 0 Å². The van der Waals surface area contributed by atoms with Gasteiger partial charge in [0.1, 0.15) is 0 Å². The summed E-state index contributed by atoms with van der Waals surface area (Å²) in [6, 6.07) is 6.04. The second-order valence-corrected chi connectivity index (χ2v) is 5.10. The van der Waals surface area contributed by atoms with Gasteiger partial charge in [0, 0.05) is 12.1 Å². The quantitative estimate of drug-likeness (QED) is 0.631. The van der Waals surface area contributed by atoms with E-state index in [1.165, 1.54) is 12.8 Å². The molecule has 0 heterocycles. The minimum absolute atomic E-state index is 0.0193. The molecule has 1 unspecified atom stereocenters. The van der Waals surface area contributed by atoms with Gasteiger partial charge in [0.15, 0.2) is 11.5 Å². The van der Waals surface area contributed by atoms with E-state index in [2.05, 4.69) is 5.32 Å². The molecule has 0 saturated heterocycles. The first-order valence-electron chi connectivity index (χ1n) is 7.04. The zero-order chi connectivity index (χ0) is 14.4. The van der Waals surface area contributed by atoms with E-state index >= 15 is 0 Å². The summed E-state index contributed by atoms with van der Waals surface area (Å²) in [4.78, 5) is 0. The van der Waals surface area contributed by atoms with Gasteiger partial charge in [-0.25, -0.2) is 0 Å². The van der Waals surface area contributed by atoms with E-state index < -0.39 is 0 Å². The summed E-state index contributed by atoms with van der Waals surface area (Å²) in [6.45, 7) is 0.620. The highest BCUT2D eigenvalue weighted by atomic mass is 16.5. The summed E-state index contributed by atoms with van der Waals surface area (Å²) in [5.74, 6) is 1.28. The summed E-state index contributed by atoms with van der Waals surface area (Å²) < 4.78 is 10.9. The van der Waals surface area contributed by atoms with E-state index in [0.717, 1.165) is 12.0 Å². The molecule has 1 aromatic rings. The van der Waals surface area contributed by atoms with Crippen molar-refractivity contribution < 1.29 is 19.7 Å². The minimum Gasteiger partial charge on any atom is -0.493 e. The number of ether oxygens (including phenoxy) is 2. The number of hydrogen-bond acceptors (Lipinski definition) is 5. The van der Waals surface area contributed by atoms with Gasteiger partial charge < -0.3 is 25.0 Å². The SMILES string of the molecule is COc1cc(CO)ccc1OCCC(CO)NC1CC1. The van der Waals surface area contributed by atoms with E-state index in [9.17, 15) is 5.11 Å². The molecular formula is C15H23NO4. The largest absolute Gasteiger partial charge is 0.493 e. The van der Waals surface area contributed by atoms with Crippen LogP contribution in [0, 0.1) is 0 Å². The fourth-order valence-corrected chi connectivity index (χ4v) is 2.05. The van der Waals surface area contributed by atoms with Crippen LogP contribution in [0.2, 0.25) is 0 Å². The third-order valence-electron chi connectivity index (χ3n) is 3.40. The van der Waals surface area contributed by atoms with Crippen molar-refractivity contribution in [3.05, 3.63) is 23.8 Å². The van der Waals surface area contributed by atoms with Crippen molar-refractivity contribution in [3.63, 3.8) is 0 Å². The Morgan fingerprint density at radius 1 is 1.30 bits per heavy atom. The van der Waals surface area contributed by atoms with Crippen LogP contribution in [-0.4, -0.2) is 42.6 Å². The monoisotopic (exact) mass is 281 g/mol. The Balaban J connectivity index is 1.82. The van der Waals surface area contributed by atoms with Crippen molar-refractivity contribution in [1.82, 2.24) is 5.32 Å². The van der Waals surface area contributed by atoms with Crippen molar-refractivity contribution in [1.29, 1.82) is 0 Å². The van der Waals surface area contributed by atoms with E-state index in [4.69, 9.17) is 14.6 Å². The highest BCUT2D eigenvalue weighted by Gasteiger charge is 2.24. The van der Waals surface area contributed by atoms with Crippen LogP contribution in [-0.2, 0) is 6.61 Å². The van der Waals surface area contributed by atoms with Crippen molar-refractivity contribution in [2.45, 2.75) is 38.0 Å². The first kappa shape index (κ1) is 15.1. The van der Waals surface area contributed by atoms with Gasteiger partial charge in [0.2, 0.25) is 0 Å². The summed E-state index contributed by atoms with van der Waals surface area (Å²) in [5, 5.41) is 21.8. The van der Waals surface area contributed by atoms with E-state index in [1.807, 2.05) is 6.07 Å². The van der Waals surface area contributed by atoms with Gasteiger partial charge in [-0.05, 0) is 37.0 Å². The molecule has 20 heavy (non-hydrogen) atoms. The average Bonchev–Trinajstić information content (AvgIpc) is 3.30. The number of benzene rings is 1. The van der Waals surface area contributed by atoms with Crippen LogP contribution in [0.15, 0.2) is 18.2 Å². The fourth-order valence-electron chi connectivity index (χ4n) is 2.05. The maximum Gasteiger partial charge on any atom is 0.161 e. The average molecular weight is 281 g/mol. The molecule has 0 radical (unpaired) electrons. The molecule has 5 nitrogen and oxygen atoms in total. The summed E-state index contributed by atoms with van der Waals surface area (Å²) in [5.41, 5.74) is 0.790. The maximum atomic E-state index is 9.30. The van der Waals surface area contributed by atoms with Crippen molar-refractivity contribution in [2.24, 2.45) is 0 Å². The van der Waals surface area contributed by atoms with Gasteiger partial charge in [0.05, 0.1) is 26.9 Å². The second-order valence-electron chi connectivity index (χ2n) is 5.10. The van der Waals surface area contributed by atoms with Crippen LogP contribution in [0.4, 0.5) is 0 Å². The topological polar surface area (TPSA) is 71.0 Å². The standard InChI is InChI=1S/C15H23NO4/c1-19-15-8-11(9-17)2-5-14(15)20-7-6-13(10-18)16-12-3-4-12/h2,5,8,12-13,16-18H,3-4,6-7,9-10H2,1H3. The van der Waals surface area contributed by atoms with Crippen LogP contribution in [0.1, 0.15) is 24.8 Å². The van der Waals surface area contributed by atoms with E-state index in [1.54, 1.807) is 19.2 Å². The molecule has 0 aromatic heterocycles. The molecule has 1 atom stereocenters. The first-order valence-corrected chi connectivity index (χ1v) is 7.04. The van der Waals surface area contributed by atoms with Gasteiger partial charge in [-0.1, -0.05) is 6.07 Å². The number of aliphatic hydroxyl groups excluding tert-OH is 2. The zero-order valence-electron chi connectivity index (χ0n) is 11.8. The van der Waals surface area contributed by atoms with Gasteiger partial charge in [0.25, 0.3) is 0 Å². The molecule has 1 aliphatic carbocycles. The third-order valence-corrected chi connectivity index (χ3v) is 3.40. The van der Waals surface area contributed by atoms with Gasteiger partial charge in [-0.2, -0.15) is 0 Å². The molecule has 1 aromatic carbocycles. The first-order chi connectivity index (χ1) is 9.76. The Bertz CT molecular complexity index is 420. The summed E-state index contributed by atoms with van der Waals surface area (Å²) in [7, 11) is 1.58. The van der Waals surface area contributed by atoms with Crippen LogP contribution in [0.3, 0.4) is 0 Å². The van der Waals surface area contributed by atoms with Crippen LogP contribution >= 0.6 is 0 Å². The predicted molar refractivity (Wildman–Crippen MR) is 76.1 cm³/mol. The van der Waals surface area contributed by atoms with Gasteiger partial charge in [-0.15, -0.1) is 0 Å². The maximum absolute atomic E-state index is 9.30. The molecule has 5 heteroatoms. The number of methoxy groups -OCH3 is 1. The molecule has 0 amide bonds. The Morgan fingerprint density at radius 3 is 2.70 bits per heavy atom. The van der Waals surface area contributed by atoms with Crippen molar-refractivity contribution >= 4 is 0 Å². The van der Waals surface area contributed by atoms with Gasteiger partial charge in [-0.3, -0.25) is 0 Å². The minimum atomic E-state index is -0.0193. The Morgan fingerprint density at radius 2 is 2.10 bits per heavy atom. The lowest BCUT2D eigenvalue weighted by Crippen LogP contribution is -2.35. The predicted octanol–water partition coefficient (Wildman–Crippen LogP) is 1.07. The van der Waals surface area contributed by atoms with Crippen molar-refractivity contribution in [2.75, 3.05) is 20.3 Å². The lowest BCUT2D eigenvalue weighted by Gasteiger charge is -2.17. The highest BCUT2D eigenvalue weighted by molar-refractivity contribution is 5.42. The Labute approximate surface area is 119 Å². The zero-order valence-corrected chi connectivity index (χ0v) is 11.8. The molecule has 0 aliphatic heterocycles. The molecule has 3 N–H and O–H groups in total. The van der Waals surface area contributed by atoms with Crippen molar-refractivity contribution in [3.8, 4) is 11.5 Å². The summed E-state index contributed by atoms with van der Waals surface area (Å²) >= 11 is 0. The third kappa shape index (κ3) is 4.37. The molecule has 0 bridgehead atoms. The number of rotatable bonds is 9. The number of hydrogen-bond donors (Lipinski definition) is 3. The molecule has 112 valence electrons. The Kier molecular flexibility index (Phi) is 5.64. The molecular weight excluding hydrogens is 258 g/mol. The molecule has 2 rings (SSSR count). The van der Waals surface area contributed by atoms with E-state index in [-0.39, 0.29) is 19.3 Å².